The van der Waals surface area contributed by atoms with Crippen molar-refractivity contribution in [3.63, 3.8) is 0 Å². The van der Waals surface area contributed by atoms with Gasteiger partial charge in [-0.1, -0.05) is 18.2 Å². The molecule has 1 aromatic heterocycles. The van der Waals surface area contributed by atoms with Gasteiger partial charge in [0, 0.05) is 11.6 Å². The van der Waals surface area contributed by atoms with Gasteiger partial charge in [0.25, 0.3) is 5.56 Å². The van der Waals surface area contributed by atoms with Crippen LogP contribution in [0.1, 0.15) is 6.23 Å². The lowest BCUT2D eigenvalue weighted by atomic mass is 10.0. The summed E-state index contributed by atoms with van der Waals surface area (Å²) in [4.78, 5) is 23.5. The average molecular weight is 289 g/mol. The molecule has 21 heavy (non-hydrogen) atoms. The highest BCUT2D eigenvalue weighted by molar-refractivity contribution is 5.81. The fourth-order valence-electron chi connectivity index (χ4n) is 2.73. The molecule has 1 aromatic carbocycles. The number of ether oxygens (including phenoxy) is 1. The summed E-state index contributed by atoms with van der Waals surface area (Å²) in [5.41, 5.74) is -0.305. The van der Waals surface area contributed by atoms with Gasteiger partial charge in [0.05, 0.1) is 18.6 Å². The monoisotopic (exact) mass is 289 g/mol. The third-order valence-corrected chi connectivity index (χ3v) is 3.88. The smallest absolute Gasteiger partial charge is 0.260 e. The van der Waals surface area contributed by atoms with Gasteiger partial charge in [-0.15, -0.1) is 0 Å². The van der Waals surface area contributed by atoms with E-state index in [9.17, 15) is 19.8 Å². The van der Waals surface area contributed by atoms with Crippen molar-refractivity contribution in [1.82, 2.24) is 4.57 Å². The molecule has 2 heterocycles. The number of fused-ring (bicyclic) bond motifs is 1. The van der Waals surface area contributed by atoms with Gasteiger partial charge in [0.15, 0.2) is 6.23 Å². The van der Waals surface area contributed by atoms with Crippen molar-refractivity contribution in [2.45, 2.75) is 18.4 Å². The van der Waals surface area contributed by atoms with E-state index in [-0.39, 0.29) is 12.2 Å². The third-order valence-electron chi connectivity index (χ3n) is 3.88. The summed E-state index contributed by atoms with van der Waals surface area (Å²) in [6, 6.07) is 8.84. The zero-order valence-corrected chi connectivity index (χ0v) is 11.1. The third kappa shape index (κ3) is 2.17. The zero-order valence-electron chi connectivity index (χ0n) is 11.1. The van der Waals surface area contributed by atoms with Gasteiger partial charge < -0.3 is 19.7 Å². The predicted octanol–water partition coefficient (Wildman–Crippen LogP) is 0.0672. The Labute approximate surface area is 120 Å². The number of rotatable bonds is 3. The molecule has 1 aliphatic heterocycles. The molecule has 6 nitrogen and oxygen atoms in total. The minimum atomic E-state index is -1.17. The normalized spacial score (nSPS) is 28.9. The van der Waals surface area contributed by atoms with E-state index in [0.29, 0.717) is 11.7 Å². The number of hydrogen-bond donors (Lipinski definition) is 2. The minimum absolute atomic E-state index is 0.305. The molecule has 2 unspecified atom stereocenters. The Bertz CT molecular complexity index is 725. The predicted molar refractivity (Wildman–Crippen MR) is 74.8 cm³/mol. The number of nitrogens with zero attached hydrogens (tertiary/aromatic N) is 1. The molecule has 3 rings (SSSR count). The van der Waals surface area contributed by atoms with Crippen molar-refractivity contribution in [3.8, 4) is 0 Å². The van der Waals surface area contributed by atoms with E-state index >= 15 is 0 Å². The van der Waals surface area contributed by atoms with Crippen LogP contribution in [-0.2, 0) is 9.53 Å². The maximum absolute atomic E-state index is 12.5. The summed E-state index contributed by atoms with van der Waals surface area (Å²) in [5, 5.41) is 20.7. The van der Waals surface area contributed by atoms with Crippen molar-refractivity contribution in [3.05, 3.63) is 46.9 Å². The van der Waals surface area contributed by atoms with Crippen molar-refractivity contribution in [2.75, 3.05) is 6.61 Å². The number of aromatic nitrogens is 1. The van der Waals surface area contributed by atoms with Gasteiger partial charge in [0.2, 0.25) is 0 Å². The van der Waals surface area contributed by atoms with Crippen LogP contribution in [0.15, 0.2) is 41.3 Å². The van der Waals surface area contributed by atoms with E-state index in [0.717, 1.165) is 5.39 Å². The van der Waals surface area contributed by atoms with Crippen molar-refractivity contribution in [2.24, 2.45) is 5.92 Å². The van der Waals surface area contributed by atoms with Crippen LogP contribution >= 0.6 is 0 Å². The van der Waals surface area contributed by atoms with E-state index in [2.05, 4.69) is 0 Å². The summed E-state index contributed by atoms with van der Waals surface area (Å²) in [7, 11) is 0. The molecule has 0 spiro atoms. The van der Waals surface area contributed by atoms with Crippen LogP contribution in [0.3, 0.4) is 0 Å². The fraction of sp³-hybridized carbons (Fsp3) is 0.333. The van der Waals surface area contributed by atoms with Gasteiger partial charge in [0.1, 0.15) is 12.4 Å². The van der Waals surface area contributed by atoms with Gasteiger partial charge in [-0.3, -0.25) is 9.36 Å². The molecule has 0 radical (unpaired) electrons. The quantitative estimate of drug-likeness (QED) is 0.780. The second-order valence-electron chi connectivity index (χ2n) is 5.07. The Morgan fingerprint density at radius 3 is 2.71 bits per heavy atom. The Hall–Kier alpha value is -2.02. The average Bonchev–Trinajstić information content (AvgIpc) is 2.84. The highest BCUT2D eigenvalue weighted by Crippen LogP contribution is 2.32. The van der Waals surface area contributed by atoms with E-state index < -0.39 is 24.4 Å². The first-order valence-electron chi connectivity index (χ1n) is 6.67. The molecule has 110 valence electrons. The topological polar surface area (TPSA) is 88.8 Å². The Morgan fingerprint density at radius 2 is 2.05 bits per heavy atom. The van der Waals surface area contributed by atoms with Gasteiger partial charge in [-0.2, -0.15) is 0 Å². The van der Waals surface area contributed by atoms with E-state index in [1.165, 1.54) is 10.8 Å². The number of carbonyl (C=O) groups is 1. The van der Waals surface area contributed by atoms with Crippen LogP contribution < -0.4 is 5.56 Å². The molecule has 1 aliphatic rings. The lowest BCUT2D eigenvalue weighted by molar-refractivity contribution is -0.115. The number of benzene rings is 1. The first-order valence-corrected chi connectivity index (χ1v) is 6.67. The van der Waals surface area contributed by atoms with Crippen molar-refractivity contribution in [1.29, 1.82) is 0 Å². The summed E-state index contributed by atoms with van der Waals surface area (Å²) < 4.78 is 6.74. The molecule has 2 N–H and O–H groups in total. The number of carbonyl (C=O) groups excluding carboxylic acids is 1. The Morgan fingerprint density at radius 1 is 1.29 bits per heavy atom. The Balaban J connectivity index is 2.07. The number of pyridine rings is 1. The SMILES string of the molecule is O=CC1C(O)[C@H](n2ccc3ccccc3c2=O)O[C@@H]1CO. The molecule has 1 saturated heterocycles. The molecule has 0 amide bonds. The first kappa shape index (κ1) is 13.9. The second-order valence-corrected chi connectivity index (χ2v) is 5.07. The van der Waals surface area contributed by atoms with Crippen LogP contribution in [0.25, 0.3) is 10.8 Å². The highest BCUT2D eigenvalue weighted by Gasteiger charge is 2.44. The first-order chi connectivity index (χ1) is 10.2. The largest absolute Gasteiger partial charge is 0.394 e. The van der Waals surface area contributed by atoms with Crippen LogP contribution in [0.4, 0.5) is 0 Å². The molecular formula is C15H15NO5. The molecule has 2 aromatic rings. The van der Waals surface area contributed by atoms with E-state index in [4.69, 9.17) is 4.74 Å². The molecule has 1 fully saturated rings. The van der Waals surface area contributed by atoms with Crippen LogP contribution in [0, 0.1) is 5.92 Å². The van der Waals surface area contributed by atoms with Crippen LogP contribution in [0.2, 0.25) is 0 Å². The second kappa shape index (κ2) is 5.40. The number of aldehydes is 1. The van der Waals surface area contributed by atoms with Gasteiger partial charge >= 0.3 is 0 Å². The summed E-state index contributed by atoms with van der Waals surface area (Å²) in [6.45, 7) is -0.390. The van der Waals surface area contributed by atoms with E-state index in [1.807, 2.05) is 12.1 Å². The van der Waals surface area contributed by atoms with E-state index in [1.54, 1.807) is 18.2 Å². The lowest BCUT2D eigenvalue weighted by Gasteiger charge is -2.18. The molecular weight excluding hydrogens is 274 g/mol. The van der Waals surface area contributed by atoms with Crippen molar-refractivity contribution < 1.29 is 19.7 Å². The zero-order chi connectivity index (χ0) is 15.0. The summed E-state index contributed by atoms with van der Waals surface area (Å²) in [6.07, 6.45) is -0.869. The number of aliphatic hydroxyl groups excluding tert-OH is 2. The van der Waals surface area contributed by atoms with Crippen LogP contribution in [-0.4, -0.2) is 39.9 Å². The standard InChI is InChI=1S/C15H15NO5/c17-7-11-12(8-18)21-15(13(11)19)16-6-5-9-3-1-2-4-10(9)14(16)20/h1-7,11-13,15,18-19H,8H2/t11?,12-,13?,15-/m1/s1. The van der Waals surface area contributed by atoms with Gasteiger partial charge in [-0.05, 0) is 17.5 Å². The fourth-order valence-corrected chi connectivity index (χ4v) is 2.73. The number of hydrogen-bond acceptors (Lipinski definition) is 5. The molecule has 4 atom stereocenters. The summed E-state index contributed by atoms with van der Waals surface area (Å²) in [5.74, 6) is -0.849. The minimum Gasteiger partial charge on any atom is -0.394 e. The summed E-state index contributed by atoms with van der Waals surface area (Å²) >= 11 is 0. The molecule has 0 bridgehead atoms. The van der Waals surface area contributed by atoms with Gasteiger partial charge in [-0.25, -0.2) is 0 Å². The highest BCUT2D eigenvalue weighted by atomic mass is 16.5. The van der Waals surface area contributed by atoms with Crippen LogP contribution in [0.5, 0.6) is 0 Å². The maximum Gasteiger partial charge on any atom is 0.260 e. The molecule has 6 heteroatoms. The Kier molecular flexibility index (Phi) is 3.59. The van der Waals surface area contributed by atoms with Crippen molar-refractivity contribution >= 4 is 17.1 Å². The molecule has 0 aliphatic carbocycles. The lowest BCUT2D eigenvalue weighted by Crippen LogP contribution is -2.32. The molecule has 0 saturated carbocycles. The number of aliphatic hydroxyl groups is 2. The maximum atomic E-state index is 12.5.